The molecule has 0 saturated carbocycles. The average molecular weight is 280 g/mol. The van der Waals surface area contributed by atoms with Crippen LogP contribution in [0, 0.1) is 45.7 Å². The predicted molar refractivity (Wildman–Crippen MR) is 69.3 cm³/mol. The number of rotatable bonds is 5. The van der Waals surface area contributed by atoms with Crippen molar-refractivity contribution in [1.29, 1.82) is 10.5 Å². The Kier molecular flexibility index (Phi) is 5.72. The van der Waals surface area contributed by atoms with Gasteiger partial charge in [0.25, 0.3) is 12.5 Å². The fourth-order valence-corrected chi connectivity index (χ4v) is 2.39. The zero-order chi connectivity index (χ0) is 16.1. The van der Waals surface area contributed by atoms with Gasteiger partial charge in [0.05, 0.1) is 10.8 Å². The van der Waals surface area contributed by atoms with E-state index in [1.165, 1.54) is 12.5 Å². The van der Waals surface area contributed by atoms with E-state index in [9.17, 15) is 9.59 Å². The van der Waals surface area contributed by atoms with Crippen molar-refractivity contribution >= 4 is 11.9 Å². The van der Waals surface area contributed by atoms with Gasteiger partial charge in [-0.15, -0.1) is 10.5 Å². The minimum atomic E-state index is -1.30. The number of carbonyl (C=O) groups excluding carboxylic acids is 2. The predicted octanol–water partition coefficient (Wildman–Crippen LogP) is 2.36. The summed E-state index contributed by atoms with van der Waals surface area (Å²) in [5.41, 5.74) is -2.60. The van der Waals surface area contributed by atoms with Crippen LogP contribution in [-0.2, 0) is 19.1 Å². The normalized spacial score (nSPS) is 16.5. The third-order valence-electron chi connectivity index (χ3n) is 4.51. The summed E-state index contributed by atoms with van der Waals surface area (Å²) in [6.07, 6.45) is 2.69. The molecule has 6 heteroatoms. The van der Waals surface area contributed by atoms with Gasteiger partial charge in [-0.05, 0) is 25.7 Å². The van der Waals surface area contributed by atoms with Crippen LogP contribution in [0.15, 0.2) is 0 Å². The van der Waals surface area contributed by atoms with Gasteiger partial charge >= 0.3 is 11.9 Å². The zero-order valence-electron chi connectivity index (χ0n) is 12.7. The van der Waals surface area contributed by atoms with E-state index < -0.39 is 22.8 Å². The Labute approximate surface area is 119 Å². The van der Waals surface area contributed by atoms with E-state index in [-0.39, 0.29) is 11.8 Å². The van der Waals surface area contributed by atoms with Gasteiger partial charge in [-0.2, -0.15) is 0 Å². The first-order valence-electron chi connectivity index (χ1n) is 6.31. The standard InChI is InChI=1S/C14H20N2O4/c1-9(2)13(5,11(17)19-7-15)14(6,10(3)4)12(18)20-8-16/h9-10H,1-6H3. The molecule has 0 radical (unpaired) electrons. The van der Waals surface area contributed by atoms with Crippen LogP contribution in [0.25, 0.3) is 0 Å². The van der Waals surface area contributed by atoms with Crippen molar-refractivity contribution in [3.8, 4) is 12.5 Å². The number of hydrogen-bond donors (Lipinski definition) is 0. The van der Waals surface area contributed by atoms with Crippen LogP contribution in [0.4, 0.5) is 0 Å². The highest BCUT2D eigenvalue weighted by Crippen LogP contribution is 2.51. The fraction of sp³-hybridized carbons (Fsp3) is 0.714. The Hall–Kier alpha value is -2.08. The number of carbonyl (C=O) groups is 2. The fourth-order valence-electron chi connectivity index (χ4n) is 2.39. The molecule has 0 aromatic heterocycles. The SMILES string of the molecule is CC(C)C(C)(C(=O)OC#N)C(C)(C(=O)OC#N)C(C)C. The number of nitriles is 2. The van der Waals surface area contributed by atoms with Crippen molar-refractivity contribution < 1.29 is 19.1 Å². The molecule has 2 unspecified atom stereocenters. The Morgan fingerprint density at radius 1 is 0.850 bits per heavy atom. The van der Waals surface area contributed by atoms with Gasteiger partial charge in [0.2, 0.25) is 0 Å². The molecule has 0 aliphatic carbocycles. The second kappa shape index (κ2) is 6.38. The summed E-state index contributed by atoms with van der Waals surface area (Å²) in [6, 6.07) is 0. The molecule has 110 valence electrons. The maximum absolute atomic E-state index is 12.2. The molecule has 0 spiro atoms. The van der Waals surface area contributed by atoms with Gasteiger partial charge in [-0.1, -0.05) is 27.7 Å². The minimum Gasteiger partial charge on any atom is -0.351 e. The van der Waals surface area contributed by atoms with E-state index in [4.69, 9.17) is 10.5 Å². The lowest BCUT2D eigenvalue weighted by molar-refractivity contribution is -0.180. The molecule has 0 saturated heterocycles. The van der Waals surface area contributed by atoms with Gasteiger partial charge < -0.3 is 9.47 Å². The van der Waals surface area contributed by atoms with E-state index in [1.54, 1.807) is 41.5 Å². The van der Waals surface area contributed by atoms with Crippen molar-refractivity contribution in [3.05, 3.63) is 0 Å². The van der Waals surface area contributed by atoms with Crippen LogP contribution >= 0.6 is 0 Å². The highest BCUT2D eigenvalue weighted by molar-refractivity contribution is 5.89. The second-order valence-electron chi connectivity index (χ2n) is 5.68. The first kappa shape index (κ1) is 17.9. The highest BCUT2D eigenvalue weighted by atomic mass is 16.5. The summed E-state index contributed by atoms with van der Waals surface area (Å²) in [4.78, 5) is 24.5. The van der Waals surface area contributed by atoms with Crippen LogP contribution in [0.5, 0.6) is 0 Å². The quantitative estimate of drug-likeness (QED) is 0.566. The van der Waals surface area contributed by atoms with E-state index in [0.717, 1.165) is 0 Å². The van der Waals surface area contributed by atoms with Gasteiger partial charge in [0.15, 0.2) is 0 Å². The van der Waals surface area contributed by atoms with E-state index in [1.807, 2.05) is 0 Å². The molecule has 0 aliphatic heterocycles. The molecule has 0 aromatic rings. The van der Waals surface area contributed by atoms with E-state index >= 15 is 0 Å². The van der Waals surface area contributed by atoms with Crippen molar-refractivity contribution in [1.82, 2.24) is 0 Å². The lowest BCUT2D eigenvalue weighted by Crippen LogP contribution is -2.55. The summed E-state index contributed by atoms with van der Waals surface area (Å²) in [5, 5.41) is 17.1. The first-order chi connectivity index (χ1) is 9.10. The Morgan fingerprint density at radius 2 is 1.10 bits per heavy atom. The zero-order valence-corrected chi connectivity index (χ0v) is 12.7. The number of esters is 2. The summed E-state index contributed by atoms with van der Waals surface area (Å²) >= 11 is 0. The van der Waals surface area contributed by atoms with Crippen molar-refractivity contribution in [2.45, 2.75) is 41.5 Å². The molecule has 0 bridgehead atoms. The molecular weight excluding hydrogens is 260 g/mol. The van der Waals surface area contributed by atoms with Crippen molar-refractivity contribution in [3.63, 3.8) is 0 Å². The van der Waals surface area contributed by atoms with Gasteiger partial charge in [-0.3, -0.25) is 9.59 Å². The Morgan fingerprint density at radius 3 is 1.25 bits per heavy atom. The third-order valence-corrected chi connectivity index (χ3v) is 4.51. The van der Waals surface area contributed by atoms with Gasteiger partial charge in [0, 0.05) is 0 Å². The summed E-state index contributed by atoms with van der Waals surface area (Å²) in [7, 11) is 0. The molecule has 0 heterocycles. The van der Waals surface area contributed by atoms with E-state index in [2.05, 4.69) is 9.47 Å². The summed E-state index contributed by atoms with van der Waals surface area (Å²) in [5.74, 6) is -2.22. The summed E-state index contributed by atoms with van der Waals surface area (Å²) in [6.45, 7) is 10.1. The van der Waals surface area contributed by atoms with Crippen molar-refractivity contribution in [2.24, 2.45) is 22.7 Å². The Balaban J connectivity index is 6.09. The number of hydrogen-bond acceptors (Lipinski definition) is 6. The molecule has 6 nitrogen and oxygen atoms in total. The second-order valence-corrected chi connectivity index (χ2v) is 5.68. The maximum Gasteiger partial charge on any atom is 0.328 e. The molecule has 20 heavy (non-hydrogen) atoms. The molecule has 0 fully saturated rings. The molecule has 2 atom stereocenters. The number of nitrogens with zero attached hydrogens (tertiary/aromatic N) is 2. The lowest BCUT2D eigenvalue weighted by Gasteiger charge is -2.46. The molecule has 0 amide bonds. The lowest BCUT2D eigenvalue weighted by atomic mass is 9.55. The molecule has 0 aromatic carbocycles. The molecule has 0 N–H and O–H groups in total. The average Bonchev–Trinajstić information content (AvgIpc) is 2.36. The molecule has 0 aliphatic rings. The summed E-state index contributed by atoms with van der Waals surface area (Å²) < 4.78 is 8.94. The third kappa shape index (κ3) is 2.60. The highest BCUT2D eigenvalue weighted by Gasteiger charge is 2.60. The van der Waals surface area contributed by atoms with Crippen LogP contribution in [0.3, 0.4) is 0 Å². The van der Waals surface area contributed by atoms with Gasteiger partial charge in [-0.25, -0.2) is 0 Å². The Bertz CT molecular complexity index is 429. The van der Waals surface area contributed by atoms with E-state index in [0.29, 0.717) is 0 Å². The van der Waals surface area contributed by atoms with Crippen LogP contribution in [-0.4, -0.2) is 11.9 Å². The maximum atomic E-state index is 12.2. The first-order valence-corrected chi connectivity index (χ1v) is 6.31. The minimum absolute atomic E-state index is 0.304. The number of ether oxygens (including phenoxy) is 2. The smallest absolute Gasteiger partial charge is 0.328 e. The topological polar surface area (TPSA) is 100 Å². The van der Waals surface area contributed by atoms with Gasteiger partial charge in [0.1, 0.15) is 0 Å². The van der Waals surface area contributed by atoms with Crippen LogP contribution in [0.1, 0.15) is 41.5 Å². The van der Waals surface area contributed by atoms with Crippen LogP contribution in [0.2, 0.25) is 0 Å². The molecular formula is C14H20N2O4. The monoisotopic (exact) mass is 280 g/mol. The molecule has 0 rings (SSSR count). The van der Waals surface area contributed by atoms with Crippen molar-refractivity contribution in [2.75, 3.05) is 0 Å². The van der Waals surface area contributed by atoms with Crippen LogP contribution < -0.4 is 0 Å². The largest absolute Gasteiger partial charge is 0.351 e.